The highest BCUT2D eigenvalue weighted by molar-refractivity contribution is 7.78. The molecule has 0 bridgehead atoms. The second kappa shape index (κ2) is 358. The van der Waals surface area contributed by atoms with Crippen molar-refractivity contribution in [1.29, 1.82) is 16.2 Å². The van der Waals surface area contributed by atoms with Gasteiger partial charge in [0.2, 0.25) is 0 Å². The van der Waals surface area contributed by atoms with Crippen molar-refractivity contribution in [1.82, 2.24) is 0 Å². The van der Waals surface area contributed by atoms with Crippen LogP contribution in [0.15, 0.2) is 0 Å². The largest absolute Gasteiger partial charge is 0.248 e. The van der Waals surface area contributed by atoms with Crippen LogP contribution in [-0.2, 0) is 0 Å². The van der Waals surface area contributed by atoms with Crippen LogP contribution >= 0.6 is 36.7 Å². The van der Waals surface area contributed by atoms with E-state index >= 15 is 0 Å². The van der Waals surface area contributed by atoms with Crippen LogP contribution in [0.2, 0.25) is 0 Å². The SMILES string of the molecule is C.C.C.C.C.C.N=C=S.N=C=S.N=C=S. The maximum absolute atomic E-state index is 5.77. The maximum atomic E-state index is 5.77. The van der Waals surface area contributed by atoms with E-state index in [1.165, 1.54) is 0 Å². The Hall–Kier alpha value is -0.600. The van der Waals surface area contributed by atoms with Crippen molar-refractivity contribution in [2.45, 2.75) is 44.6 Å². The summed E-state index contributed by atoms with van der Waals surface area (Å²) in [5.41, 5.74) is 0. The van der Waals surface area contributed by atoms with Crippen molar-refractivity contribution in [2.24, 2.45) is 0 Å². The minimum atomic E-state index is 0. The smallest absolute Gasteiger partial charge is 0.0554 e. The zero-order valence-electron chi connectivity index (χ0n) is 4.22. The van der Waals surface area contributed by atoms with Gasteiger partial charge < -0.3 is 0 Å². The summed E-state index contributed by atoms with van der Waals surface area (Å²) in [7, 11) is 0. The quantitative estimate of drug-likeness (QED) is 0.384. The van der Waals surface area contributed by atoms with E-state index in [9.17, 15) is 0 Å². The van der Waals surface area contributed by atoms with E-state index in [1.807, 2.05) is 0 Å². The molecule has 0 saturated carbocycles. The highest BCUT2D eigenvalue weighted by Gasteiger charge is 0.980. The van der Waals surface area contributed by atoms with Gasteiger partial charge in [0.25, 0.3) is 0 Å². The molecule has 0 rings (SSSR count). The summed E-state index contributed by atoms with van der Waals surface area (Å²) in [6.45, 7) is 0. The fourth-order valence-corrected chi connectivity index (χ4v) is 0. The lowest BCUT2D eigenvalue weighted by molar-refractivity contribution is 1.61. The third-order valence-electron chi connectivity index (χ3n) is 0. The predicted octanol–water partition coefficient (Wildman–Crippen LogP) is 5.82. The van der Waals surface area contributed by atoms with Crippen molar-refractivity contribution in [3.63, 3.8) is 0 Å². The van der Waals surface area contributed by atoms with E-state index in [4.69, 9.17) is 16.2 Å². The number of hydrogen-bond acceptors (Lipinski definition) is 6. The Morgan fingerprint density at radius 2 is 0.467 bits per heavy atom. The first-order valence-corrected chi connectivity index (χ1v) is 2.59. The standard InChI is InChI=1S/3CHNS.6CH4/c3*2-1-3;;;;;;/h3*2H;6*1H4. The van der Waals surface area contributed by atoms with Gasteiger partial charge in [-0.05, 0) is 36.7 Å². The molecule has 3 N–H and O–H groups in total. The van der Waals surface area contributed by atoms with Crippen molar-refractivity contribution in [3.05, 3.63) is 0 Å². The number of rotatable bonds is 0. The van der Waals surface area contributed by atoms with Crippen LogP contribution in [0.25, 0.3) is 0 Å². The molecule has 0 amide bonds. The average molecular weight is 274 g/mol. The van der Waals surface area contributed by atoms with E-state index in [2.05, 4.69) is 36.7 Å². The van der Waals surface area contributed by atoms with Crippen molar-refractivity contribution in [3.8, 4) is 0 Å². The van der Waals surface area contributed by atoms with E-state index in [-0.39, 0.29) is 44.6 Å². The molecule has 6 heteroatoms. The molecule has 0 radical (unpaired) electrons. The van der Waals surface area contributed by atoms with E-state index in [1.54, 1.807) is 15.5 Å². The third kappa shape index (κ3) is 4840. The highest BCUT2D eigenvalue weighted by atomic mass is 32.1. The molecule has 0 saturated heterocycles. The fourth-order valence-electron chi connectivity index (χ4n) is 0. The Morgan fingerprint density at radius 3 is 0.467 bits per heavy atom. The number of nitrogens with one attached hydrogen (secondary N) is 3. The molecule has 0 aromatic carbocycles. The van der Waals surface area contributed by atoms with Gasteiger partial charge in [-0.25, -0.2) is 16.2 Å². The summed E-state index contributed by atoms with van der Waals surface area (Å²) in [6.07, 6.45) is 0. The first-order valence-electron chi connectivity index (χ1n) is 1.36. The van der Waals surface area contributed by atoms with Gasteiger partial charge in [0.15, 0.2) is 0 Å². The summed E-state index contributed by atoms with van der Waals surface area (Å²) < 4.78 is 0. The summed E-state index contributed by atoms with van der Waals surface area (Å²) in [5, 5.41) is 22.1. The lowest BCUT2D eigenvalue weighted by atomic mass is 11.8. The predicted molar refractivity (Wildman–Crippen MR) is 86.3 cm³/mol. The van der Waals surface area contributed by atoms with Crippen LogP contribution < -0.4 is 0 Å². The van der Waals surface area contributed by atoms with E-state index in [0.29, 0.717) is 0 Å². The zero-order chi connectivity index (χ0) is 8.12. The fraction of sp³-hybridized carbons (Fsp3) is 0.667. The summed E-state index contributed by atoms with van der Waals surface area (Å²) in [4.78, 5) is 0. The summed E-state index contributed by atoms with van der Waals surface area (Å²) in [6, 6.07) is 0. The molecular weight excluding hydrogens is 246 g/mol. The topological polar surface area (TPSA) is 71.6 Å². The van der Waals surface area contributed by atoms with E-state index < -0.39 is 0 Å². The first-order chi connectivity index (χ1) is 4.24. The van der Waals surface area contributed by atoms with Crippen molar-refractivity contribution >= 4 is 52.1 Å². The lowest BCUT2D eigenvalue weighted by Crippen LogP contribution is -1.03. The molecule has 0 aromatic rings. The third-order valence-corrected chi connectivity index (χ3v) is 0. The number of hydrogen-bond donors (Lipinski definition) is 3. The molecule has 0 aromatic heterocycles. The molecule has 0 unspecified atom stereocenters. The molecule has 0 fully saturated rings. The molecule has 0 aliphatic heterocycles. The van der Waals surface area contributed by atoms with Gasteiger partial charge >= 0.3 is 0 Å². The van der Waals surface area contributed by atoms with Gasteiger partial charge in [0, 0.05) is 0 Å². The Labute approximate surface area is 113 Å². The van der Waals surface area contributed by atoms with Gasteiger partial charge in [-0.2, -0.15) is 0 Å². The zero-order valence-corrected chi connectivity index (χ0v) is 6.67. The van der Waals surface area contributed by atoms with Crippen LogP contribution in [-0.4, -0.2) is 15.5 Å². The number of thiocarbonyl (C=S) groups is 3. The molecule has 0 aliphatic rings. The number of isothiocyanates is 3. The molecule has 3 nitrogen and oxygen atoms in total. The van der Waals surface area contributed by atoms with Crippen LogP contribution in [0.4, 0.5) is 0 Å². The van der Waals surface area contributed by atoms with Crippen LogP contribution in [0.5, 0.6) is 0 Å². The normalized spacial score (nSPS) is 1.60. The molecule has 15 heavy (non-hydrogen) atoms. The summed E-state index contributed by atoms with van der Waals surface area (Å²) >= 11 is 11.4. The molecule has 96 valence electrons. The Balaban J connectivity index is -0.00000000429. The van der Waals surface area contributed by atoms with Gasteiger partial charge in [0.05, 0.1) is 15.5 Å². The Bertz CT molecular complexity index is 112. The molecule has 0 heterocycles. The monoisotopic (exact) mass is 273 g/mol. The molecule has 0 atom stereocenters. The second-order valence-corrected chi connectivity index (χ2v) is 0.919. The van der Waals surface area contributed by atoms with Gasteiger partial charge in [-0.15, -0.1) is 0 Å². The summed E-state index contributed by atoms with van der Waals surface area (Å²) in [5.74, 6) is 0. The first kappa shape index (κ1) is 88.7. The van der Waals surface area contributed by atoms with Gasteiger partial charge in [-0.3, -0.25) is 0 Å². The van der Waals surface area contributed by atoms with Crippen LogP contribution in [0.1, 0.15) is 44.6 Å². The van der Waals surface area contributed by atoms with Gasteiger partial charge in [-0.1, -0.05) is 44.6 Å². The molecular formula is C9H27N3S3. The van der Waals surface area contributed by atoms with Crippen LogP contribution in [0.3, 0.4) is 0 Å². The van der Waals surface area contributed by atoms with Gasteiger partial charge in [0.1, 0.15) is 0 Å². The highest BCUT2D eigenvalue weighted by Crippen LogP contribution is 1.17. The minimum Gasteiger partial charge on any atom is -0.248 e. The Kier molecular flexibility index (Phi) is 2110. The van der Waals surface area contributed by atoms with E-state index in [0.717, 1.165) is 0 Å². The molecule has 0 spiro atoms. The second-order valence-electron chi connectivity index (χ2n) is 0.306. The average Bonchev–Trinajstić information content (AvgIpc) is 1.70. The lowest BCUT2D eigenvalue weighted by Gasteiger charge is -1.05. The maximum Gasteiger partial charge on any atom is 0.0554 e. The van der Waals surface area contributed by atoms with Crippen molar-refractivity contribution < 1.29 is 0 Å². The van der Waals surface area contributed by atoms with Crippen molar-refractivity contribution in [2.75, 3.05) is 0 Å². The minimum absolute atomic E-state index is 0. The Morgan fingerprint density at radius 1 is 0.467 bits per heavy atom. The van der Waals surface area contributed by atoms with Crippen LogP contribution in [0, 0.1) is 16.2 Å². The molecule has 0 aliphatic carbocycles.